The number of fused-ring (bicyclic) bond motifs is 1. The molecule has 2 heterocycles. The van der Waals surface area contributed by atoms with Crippen molar-refractivity contribution in [2.45, 2.75) is 6.92 Å². The van der Waals surface area contributed by atoms with Crippen LogP contribution < -0.4 is 5.32 Å². The van der Waals surface area contributed by atoms with Crippen molar-refractivity contribution in [2.75, 3.05) is 11.9 Å². The average Bonchev–Trinajstić information content (AvgIpc) is 3.00. The number of ether oxygens (including phenoxy) is 1. The van der Waals surface area contributed by atoms with Gasteiger partial charge < -0.3 is 4.74 Å². The number of hydrogen-bond acceptors (Lipinski definition) is 5. The van der Waals surface area contributed by atoms with Crippen molar-refractivity contribution in [3.05, 3.63) is 34.7 Å². The minimum atomic E-state index is -0.566. The molecule has 0 atom stereocenters. The standard InChI is InChI=1S/C13H11ClN4O2S/c1-2-20-13(19)16-11-15-12-18(17-11)10(7-21-12)8-3-5-9(14)6-4-8/h3-7H,2H2,1H3,(H,16,17,19). The number of anilines is 1. The predicted molar refractivity (Wildman–Crippen MR) is 82.0 cm³/mol. The van der Waals surface area contributed by atoms with Crippen molar-refractivity contribution in [3.8, 4) is 11.3 Å². The second-order valence-corrected chi connectivity index (χ2v) is 5.38. The van der Waals surface area contributed by atoms with Crippen molar-refractivity contribution in [2.24, 2.45) is 0 Å². The lowest BCUT2D eigenvalue weighted by molar-refractivity contribution is 0.167. The Kier molecular flexibility index (Phi) is 3.76. The molecule has 0 spiro atoms. The second-order valence-electron chi connectivity index (χ2n) is 4.10. The van der Waals surface area contributed by atoms with Gasteiger partial charge in [-0.2, -0.15) is 4.98 Å². The molecule has 0 unspecified atom stereocenters. The molecule has 0 saturated carbocycles. The van der Waals surface area contributed by atoms with Crippen molar-refractivity contribution in [1.29, 1.82) is 0 Å². The van der Waals surface area contributed by atoms with Gasteiger partial charge in [0.15, 0.2) is 0 Å². The number of thiazole rings is 1. The number of amides is 1. The van der Waals surface area contributed by atoms with Gasteiger partial charge in [-0.25, -0.2) is 9.31 Å². The van der Waals surface area contributed by atoms with Crippen LogP contribution in [0.15, 0.2) is 29.6 Å². The first-order valence-corrected chi connectivity index (χ1v) is 7.47. The fourth-order valence-corrected chi connectivity index (χ4v) is 2.77. The summed E-state index contributed by atoms with van der Waals surface area (Å²) in [5.41, 5.74) is 1.86. The molecule has 0 aliphatic rings. The molecule has 21 heavy (non-hydrogen) atoms. The van der Waals surface area contributed by atoms with E-state index in [9.17, 15) is 4.79 Å². The Labute approximate surface area is 129 Å². The number of nitrogens with zero attached hydrogens (tertiary/aromatic N) is 3. The molecule has 0 bridgehead atoms. The summed E-state index contributed by atoms with van der Waals surface area (Å²) < 4.78 is 6.47. The number of carbonyl (C=O) groups excluding carboxylic acids is 1. The maximum absolute atomic E-state index is 11.4. The molecule has 0 saturated heterocycles. The van der Waals surface area contributed by atoms with E-state index in [1.807, 2.05) is 29.6 Å². The van der Waals surface area contributed by atoms with E-state index in [4.69, 9.17) is 16.3 Å². The summed E-state index contributed by atoms with van der Waals surface area (Å²) in [5.74, 6) is 0.218. The Balaban J connectivity index is 1.93. The average molecular weight is 323 g/mol. The quantitative estimate of drug-likeness (QED) is 0.798. The zero-order valence-corrected chi connectivity index (χ0v) is 12.6. The Morgan fingerprint density at radius 1 is 1.43 bits per heavy atom. The molecular formula is C13H11ClN4O2S. The molecular weight excluding hydrogens is 312 g/mol. The summed E-state index contributed by atoms with van der Waals surface area (Å²) in [6.07, 6.45) is -0.566. The normalized spacial score (nSPS) is 10.8. The number of benzene rings is 1. The van der Waals surface area contributed by atoms with Crippen molar-refractivity contribution >= 4 is 39.9 Å². The number of halogens is 1. The van der Waals surface area contributed by atoms with Crippen LogP contribution in [-0.2, 0) is 4.74 Å². The molecule has 108 valence electrons. The number of carbonyl (C=O) groups is 1. The Bertz CT molecular complexity index is 781. The first-order valence-electron chi connectivity index (χ1n) is 6.21. The van der Waals surface area contributed by atoms with E-state index in [2.05, 4.69) is 15.4 Å². The van der Waals surface area contributed by atoms with Crippen LogP contribution in [0.1, 0.15) is 6.92 Å². The Hall–Kier alpha value is -2.12. The van der Waals surface area contributed by atoms with Crippen LogP contribution in [0.3, 0.4) is 0 Å². The molecule has 0 aliphatic carbocycles. The smallest absolute Gasteiger partial charge is 0.414 e. The van der Waals surface area contributed by atoms with Gasteiger partial charge in [0.1, 0.15) is 0 Å². The topological polar surface area (TPSA) is 68.5 Å². The lowest BCUT2D eigenvalue weighted by Crippen LogP contribution is -2.14. The highest BCUT2D eigenvalue weighted by atomic mass is 35.5. The van der Waals surface area contributed by atoms with Crippen LogP contribution in [0.5, 0.6) is 0 Å². The molecule has 0 fully saturated rings. The van der Waals surface area contributed by atoms with E-state index in [0.29, 0.717) is 16.6 Å². The van der Waals surface area contributed by atoms with Gasteiger partial charge in [-0.1, -0.05) is 23.7 Å². The molecule has 6 nitrogen and oxygen atoms in total. The van der Waals surface area contributed by atoms with Gasteiger partial charge >= 0.3 is 6.09 Å². The molecule has 0 radical (unpaired) electrons. The van der Waals surface area contributed by atoms with Crippen molar-refractivity contribution in [3.63, 3.8) is 0 Å². The SMILES string of the molecule is CCOC(=O)Nc1nc2scc(-c3ccc(Cl)cc3)n2n1. The number of hydrogen-bond donors (Lipinski definition) is 1. The molecule has 3 aromatic rings. The van der Waals surface area contributed by atoms with Gasteiger partial charge in [-0.05, 0) is 19.1 Å². The monoisotopic (exact) mass is 322 g/mol. The number of rotatable bonds is 3. The summed E-state index contributed by atoms with van der Waals surface area (Å²) in [6.45, 7) is 2.03. The number of nitrogens with one attached hydrogen (secondary N) is 1. The summed E-state index contributed by atoms with van der Waals surface area (Å²) in [7, 11) is 0. The highest BCUT2D eigenvalue weighted by molar-refractivity contribution is 7.15. The van der Waals surface area contributed by atoms with Crippen LogP contribution in [0.4, 0.5) is 10.7 Å². The van der Waals surface area contributed by atoms with E-state index in [1.54, 1.807) is 11.4 Å². The van der Waals surface area contributed by atoms with E-state index in [0.717, 1.165) is 11.3 Å². The van der Waals surface area contributed by atoms with Crippen molar-refractivity contribution < 1.29 is 9.53 Å². The first-order chi connectivity index (χ1) is 10.2. The van der Waals surface area contributed by atoms with E-state index >= 15 is 0 Å². The van der Waals surface area contributed by atoms with E-state index in [-0.39, 0.29) is 5.95 Å². The van der Waals surface area contributed by atoms with Crippen molar-refractivity contribution in [1.82, 2.24) is 14.6 Å². The fourth-order valence-electron chi connectivity index (χ4n) is 1.81. The third-order valence-corrected chi connectivity index (χ3v) is 3.78. The maximum Gasteiger partial charge on any atom is 0.414 e. The zero-order chi connectivity index (χ0) is 14.8. The van der Waals surface area contributed by atoms with Crippen LogP contribution in [0.25, 0.3) is 16.2 Å². The molecule has 0 aliphatic heterocycles. The van der Waals surface area contributed by atoms with Gasteiger partial charge in [0.25, 0.3) is 5.95 Å². The van der Waals surface area contributed by atoms with E-state index < -0.39 is 6.09 Å². The van der Waals surface area contributed by atoms with Gasteiger partial charge in [0.2, 0.25) is 4.96 Å². The first kappa shape index (κ1) is 13.8. The lowest BCUT2D eigenvalue weighted by atomic mass is 10.2. The second kappa shape index (κ2) is 5.71. The fraction of sp³-hybridized carbons (Fsp3) is 0.154. The lowest BCUT2D eigenvalue weighted by Gasteiger charge is -2.00. The van der Waals surface area contributed by atoms with E-state index in [1.165, 1.54) is 11.3 Å². The molecule has 1 amide bonds. The molecule has 2 aromatic heterocycles. The molecule has 3 rings (SSSR count). The zero-order valence-electron chi connectivity index (χ0n) is 11.0. The Morgan fingerprint density at radius 2 is 2.19 bits per heavy atom. The largest absolute Gasteiger partial charge is 0.450 e. The van der Waals surface area contributed by atoms with Crippen LogP contribution in [0.2, 0.25) is 5.02 Å². The highest BCUT2D eigenvalue weighted by Crippen LogP contribution is 2.26. The summed E-state index contributed by atoms with van der Waals surface area (Å²) >= 11 is 7.33. The van der Waals surface area contributed by atoms with Crippen LogP contribution >= 0.6 is 22.9 Å². The minimum absolute atomic E-state index is 0.218. The summed E-state index contributed by atoms with van der Waals surface area (Å²) in [5, 5.41) is 9.38. The van der Waals surface area contributed by atoms with Gasteiger partial charge in [-0.15, -0.1) is 16.4 Å². The summed E-state index contributed by atoms with van der Waals surface area (Å²) in [6, 6.07) is 7.44. The minimum Gasteiger partial charge on any atom is -0.450 e. The van der Waals surface area contributed by atoms with Gasteiger partial charge in [0.05, 0.1) is 12.3 Å². The predicted octanol–water partition coefficient (Wildman–Crippen LogP) is 3.68. The number of aromatic nitrogens is 3. The third-order valence-electron chi connectivity index (χ3n) is 2.71. The van der Waals surface area contributed by atoms with Gasteiger partial charge in [0, 0.05) is 16.0 Å². The summed E-state index contributed by atoms with van der Waals surface area (Å²) in [4.78, 5) is 16.3. The molecule has 8 heteroatoms. The van der Waals surface area contributed by atoms with Crippen LogP contribution in [0, 0.1) is 0 Å². The maximum atomic E-state index is 11.4. The van der Waals surface area contributed by atoms with Gasteiger partial charge in [-0.3, -0.25) is 5.32 Å². The molecule has 1 aromatic carbocycles. The Morgan fingerprint density at radius 3 is 2.90 bits per heavy atom. The van der Waals surface area contributed by atoms with Crippen LogP contribution in [-0.4, -0.2) is 27.3 Å². The molecule has 1 N–H and O–H groups in total. The highest BCUT2D eigenvalue weighted by Gasteiger charge is 2.13. The third kappa shape index (κ3) is 2.84.